The minimum Gasteiger partial charge on any atom is -0.492 e. The summed E-state index contributed by atoms with van der Waals surface area (Å²) in [6.45, 7) is 1.40. The van der Waals surface area contributed by atoms with Crippen LogP contribution in [0.25, 0.3) is 11.1 Å². The average Bonchev–Trinajstić information content (AvgIpc) is 2.93. The van der Waals surface area contributed by atoms with Crippen LogP contribution in [-0.2, 0) is 10.0 Å². The van der Waals surface area contributed by atoms with Gasteiger partial charge in [0.05, 0.1) is 24.0 Å². The number of amides is 1. The first-order valence-electron chi connectivity index (χ1n) is 13.1. The molecule has 2 aromatic carbocycles. The van der Waals surface area contributed by atoms with Gasteiger partial charge in [0, 0.05) is 31.0 Å². The summed E-state index contributed by atoms with van der Waals surface area (Å²) in [5.41, 5.74) is 2.70. The molecule has 1 aliphatic rings. The first-order valence-corrected chi connectivity index (χ1v) is 15.0. The molecule has 0 radical (unpaired) electrons. The Bertz CT molecular complexity index is 1330. The van der Waals surface area contributed by atoms with Gasteiger partial charge in [-0.05, 0) is 67.1 Å². The van der Waals surface area contributed by atoms with Gasteiger partial charge in [-0.1, -0.05) is 30.7 Å². The van der Waals surface area contributed by atoms with E-state index in [2.05, 4.69) is 10.3 Å². The van der Waals surface area contributed by atoms with E-state index in [1.54, 1.807) is 36.7 Å². The number of hydrogen-bond acceptors (Lipinski definition) is 8. The predicted molar refractivity (Wildman–Crippen MR) is 149 cm³/mol. The Morgan fingerprint density at radius 1 is 1.08 bits per heavy atom. The standard InChI is InChI=1S/C29H35N3O6S/c1-39(35,36)32-29(34)26-14-11-22(18-28(26)38-25-7-3-2-4-8-25)21-9-12-24(13-10-21)37-17-16-31-20-27(33)23-6-5-15-30-19-23/h5-6,9-15,18-19,25,27,31,33H,2-4,7-8,16-17,20H2,1H3,(H,32,34)/t27-/m0/s1. The highest BCUT2D eigenvalue weighted by molar-refractivity contribution is 7.89. The van der Waals surface area contributed by atoms with Crippen molar-refractivity contribution < 1.29 is 27.8 Å². The van der Waals surface area contributed by atoms with Gasteiger partial charge in [0.2, 0.25) is 10.0 Å². The number of aromatic nitrogens is 1. The van der Waals surface area contributed by atoms with E-state index in [9.17, 15) is 18.3 Å². The fourth-order valence-electron chi connectivity index (χ4n) is 4.49. The van der Waals surface area contributed by atoms with E-state index in [0.717, 1.165) is 48.6 Å². The number of sulfonamides is 1. The molecule has 0 spiro atoms. The van der Waals surface area contributed by atoms with Crippen molar-refractivity contribution in [2.24, 2.45) is 0 Å². The maximum absolute atomic E-state index is 12.7. The second-order valence-electron chi connectivity index (χ2n) is 9.67. The van der Waals surface area contributed by atoms with Crippen LogP contribution in [0, 0.1) is 0 Å². The maximum atomic E-state index is 12.7. The number of hydrogen-bond donors (Lipinski definition) is 3. The Morgan fingerprint density at radius 3 is 2.51 bits per heavy atom. The SMILES string of the molecule is CS(=O)(=O)NC(=O)c1ccc(-c2ccc(OCCNC[C@H](O)c3cccnc3)cc2)cc1OC1CCCCC1. The zero-order valence-electron chi connectivity index (χ0n) is 22.0. The third-order valence-corrected chi connectivity index (χ3v) is 7.05. The fourth-order valence-corrected chi connectivity index (χ4v) is 4.93. The number of aliphatic hydroxyl groups is 1. The molecule has 39 heavy (non-hydrogen) atoms. The molecule has 1 aliphatic carbocycles. The smallest absolute Gasteiger partial charge is 0.268 e. The van der Waals surface area contributed by atoms with Crippen LogP contribution in [0.15, 0.2) is 67.0 Å². The second-order valence-corrected chi connectivity index (χ2v) is 11.4. The van der Waals surface area contributed by atoms with Crippen LogP contribution >= 0.6 is 0 Å². The molecule has 0 aliphatic heterocycles. The van der Waals surface area contributed by atoms with Crippen molar-refractivity contribution in [1.82, 2.24) is 15.0 Å². The van der Waals surface area contributed by atoms with Crippen LogP contribution < -0.4 is 19.5 Å². The Kier molecular flexibility index (Phi) is 9.91. The van der Waals surface area contributed by atoms with E-state index < -0.39 is 22.0 Å². The number of pyridine rings is 1. The van der Waals surface area contributed by atoms with Gasteiger partial charge in [-0.25, -0.2) is 13.1 Å². The lowest BCUT2D eigenvalue weighted by Gasteiger charge is -2.24. The molecule has 0 saturated heterocycles. The van der Waals surface area contributed by atoms with Crippen LogP contribution in [0.1, 0.15) is 54.1 Å². The van der Waals surface area contributed by atoms with E-state index in [4.69, 9.17) is 9.47 Å². The monoisotopic (exact) mass is 553 g/mol. The summed E-state index contributed by atoms with van der Waals surface area (Å²) in [7, 11) is -3.71. The zero-order valence-corrected chi connectivity index (χ0v) is 22.8. The molecule has 1 fully saturated rings. The molecule has 3 N–H and O–H groups in total. The van der Waals surface area contributed by atoms with Crippen LogP contribution in [0.5, 0.6) is 11.5 Å². The van der Waals surface area contributed by atoms with Gasteiger partial charge in [0.1, 0.15) is 18.1 Å². The number of carbonyl (C=O) groups is 1. The van der Waals surface area contributed by atoms with Crippen LogP contribution in [0.2, 0.25) is 0 Å². The largest absolute Gasteiger partial charge is 0.492 e. The highest BCUT2D eigenvalue weighted by atomic mass is 32.2. The van der Waals surface area contributed by atoms with Crippen molar-refractivity contribution in [3.8, 4) is 22.6 Å². The van der Waals surface area contributed by atoms with Crippen molar-refractivity contribution in [3.05, 3.63) is 78.1 Å². The molecule has 4 rings (SSSR count). The van der Waals surface area contributed by atoms with Crippen molar-refractivity contribution in [2.45, 2.75) is 44.3 Å². The van der Waals surface area contributed by atoms with Crippen LogP contribution in [0.3, 0.4) is 0 Å². The van der Waals surface area contributed by atoms with E-state index in [-0.39, 0.29) is 11.7 Å². The average molecular weight is 554 g/mol. The first-order chi connectivity index (χ1) is 18.8. The molecule has 3 aromatic rings. The number of aliphatic hydroxyl groups excluding tert-OH is 1. The van der Waals surface area contributed by atoms with Gasteiger partial charge in [0.15, 0.2) is 0 Å². The van der Waals surface area contributed by atoms with Gasteiger partial charge in [-0.3, -0.25) is 9.78 Å². The van der Waals surface area contributed by atoms with Crippen LogP contribution in [-0.4, -0.2) is 56.5 Å². The molecule has 1 atom stereocenters. The van der Waals surface area contributed by atoms with Gasteiger partial charge < -0.3 is 19.9 Å². The Hall–Kier alpha value is -3.47. The molecule has 10 heteroatoms. The molecule has 0 bridgehead atoms. The number of rotatable bonds is 12. The predicted octanol–water partition coefficient (Wildman–Crippen LogP) is 3.85. The second kappa shape index (κ2) is 13.5. The molecule has 1 saturated carbocycles. The molecule has 1 heterocycles. The third-order valence-electron chi connectivity index (χ3n) is 6.49. The Morgan fingerprint density at radius 2 is 1.82 bits per heavy atom. The molecule has 208 valence electrons. The van der Waals surface area contributed by atoms with Crippen molar-refractivity contribution in [2.75, 3.05) is 26.0 Å². The number of nitrogens with one attached hydrogen (secondary N) is 2. The highest BCUT2D eigenvalue weighted by Crippen LogP contribution is 2.32. The zero-order chi connectivity index (χ0) is 27.7. The van der Waals surface area contributed by atoms with Gasteiger partial charge in [-0.15, -0.1) is 0 Å². The fraction of sp³-hybridized carbons (Fsp3) is 0.379. The lowest BCUT2D eigenvalue weighted by atomic mass is 9.97. The van der Waals surface area contributed by atoms with E-state index >= 15 is 0 Å². The van der Waals surface area contributed by atoms with Gasteiger partial charge in [0.25, 0.3) is 5.91 Å². The van der Waals surface area contributed by atoms with E-state index in [1.807, 2.05) is 35.1 Å². The minimum atomic E-state index is -3.71. The highest BCUT2D eigenvalue weighted by Gasteiger charge is 2.21. The molecular weight excluding hydrogens is 518 g/mol. The molecular formula is C29H35N3O6S. The quantitative estimate of drug-likeness (QED) is 0.289. The molecule has 1 amide bonds. The number of carbonyl (C=O) groups excluding carboxylic acids is 1. The Labute approximate surface area is 229 Å². The minimum absolute atomic E-state index is 0.00589. The lowest BCUT2D eigenvalue weighted by Crippen LogP contribution is -2.30. The Balaban J connectivity index is 1.37. The summed E-state index contributed by atoms with van der Waals surface area (Å²) < 4.78 is 37.3. The first kappa shape index (κ1) is 28.5. The topological polar surface area (TPSA) is 127 Å². The third kappa shape index (κ3) is 8.77. The summed E-state index contributed by atoms with van der Waals surface area (Å²) in [6, 6.07) is 16.4. The summed E-state index contributed by atoms with van der Waals surface area (Å²) >= 11 is 0. The number of ether oxygens (including phenoxy) is 2. The van der Waals surface area contributed by atoms with Crippen molar-refractivity contribution in [1.29, 1.82) is 0 Å². The van der Waals surface area contributed by atoms with Crippen molar-refractivity contribution in [3.63, 3.8) is 0 Å². The number of benzene rings is 2. The lowest BCUT2D eigenvalue weighted by molar-refractivity contribution is 0.0969. The van der Waals surface area contributed by atoms with E-state index in [1.165, 1.54) is 6.42 Å². The summed E-state index contributed by atoms with van der Waals surface area (Å²) in [5.74, 6) is 0.372. The molecule has 9 nitrogen and oxygen atoms in total. The molecule has 1 aromatic heterocycles. The van der Waals surface area contributed by atoms with Crippen molar-refractivity contribution >= 4 is 15.9 Å². The molecule has 0 unspecified atom stereocenters. The van der Waals surface area contributed by atoms with Gasteiger partial charge >= 0.3 is 0 Å². The normalized spacial score (nSPS) is 14.9. The van der Waals surface area contributed by atoms with Crippen LogP contribution in [0.4, 0.5) is 0 Å². The summed E-state index contributed by atoms with van der Waals surface area (Å²) in [6.07, 6.45) is 8.74. The maximum Gasteiger partial charge on any atom is 0.268 e. The number of nitrogens with zero attached hydrogens (tertiary/aromatic N) is 1. The summed E-state index contributed by atoms with van der Waals surface area (Å²) in [5, 5.41) is 13.4. The summed E-state index contributed by atoms with van der Waals surface area (Å²) in [4.78, 5) is 16.7. The van der Waals surface area contributed by atoms with E-state index in [0.29, 0.717) is 31.2 Å². The van der Waals surface area contributed by atoms with Gasteiger partial charge in [-0.2, -0.15) is 0 Å².